The van der Waals surface area contributed by atoms with Gasteiger partial charge in [-0.2, -0.15) is 4.31 Å². The molecule has 0 radical (unpaired) electrons. The number of hydrogen-bond acceptors (Lipinski definition) is 5. The van der Waals surface area contributed by atoms with Gasteiger partial charge in [-0.3, -0.25) is 4.79 Å². The Morgan fingerprint density at radius 3 is 2.77 bits per heavy atom. The van der Waals surface area contributed by atoms with Crippen molar-refractivity contribution in [2.75, 3.05) is 39.4 Å². The number of nitrogens with zero attached hydrogens (tertiary/aromatic N) is 1. The van der Waals surface area contributed by atoms with E-state index in [2.05, 4.69) is 10.6 Å². The topological polar surface area (TPSA) is 87.7 Å². The summed E-state index contributed by atoms with van der Waals surface area (Å²) in [6, 6.07) is 5.07. The number of carbonyl (C=O) groups is 1. The second-order valence-electron chi connectivity index (χ2n) is 6.71. The highest BCUT2D eigenvalue weighted by Crippen LogP contribution is 2.23. The van der Waals surface area contributed by atoms with Gasteiger partial charge < -0.3 is 15.4 Å². The minimum absolute atomic E-state index is 0.0846. The largest absolute Gasteiger partial charge is 0.379 e. The summed E-state index contributed by atoms with van der Waals surface area (Å²) in [7, 11) is -3.63. The fourth-order valence-corrected chi connectivity index (χ4v) is 5.13. The van der Waals surface area contributed by atoms with E-state index in [9.17, 15) is 13.2 Å². The molecule has 144 valence electrons. The molecule has 2 aliphatic rings. The summed E-state index contributed by atoms with van der Waals surface area (Å²) in [4.78, 5) is 12.8. The van der Waals surface area contributed by atoms with Gasteiger partial charge in [-0.25, -0.2) is 8.42 Å². The molecule has 0 aromatic heterocycles. The average molecular weight is 381 g/mol. The van der Waals surface area contributed by atoms with E-state index in [1.165, 1.54) is 10.4 Å². The van der Waals surface area contributed by atoms with E-state index in [1.807, 2.05) is 6.92 Å². The highest BCUT2D eigenvalue weighted by molar-refractivity contribution is 7.89. The molecule has 2 aliphatic heterocycles. The van der Waals surface area contributed by atoms with Crippen LogP contribution in [0.25, 0.3) is 0 Å². The number of amides is 1. The van der Waals surface area contributed by atoms with Crippen LogP contribution < -0.4 is 10.6 Å². The Morgan fingerprint density at radius 1 is 1.35 bits per heavy atom. The SMILES string of the molecule is CCc1ccc(C(=O)N[C@H]2CCCNC2)cc1S(=O)(=O)N1CCOCC1. The zero-order valence-corrected chi connectivity index (χ0v) is 16.0. The minimum Gasteiger partial charge on any atom is -0.379 e. The van der Waals surface area contributed by atoms with Gasteiger partial charge in [0.05, 0.1) is 18.1 Å². The Labute approximate surface area is 155 Å². The summed E-state index contributed by atoms with van der Waals surface area (Å²) < 4.78 is 32.8. The van der Waals surface area contributed by atoms with Gasteiger partial charge in [0.2, 0.25) is 10.0 Å². The maximum Gasteiger partial charge on any atom is 0.251 e. The second-order valence-corrected chi connectivity index (χ2v) is 8.62. The molecule has 8 heteroatoms. The third kappa shape index (κ3) is 4.25. The molecule has 7 nitrogen and oxygen atoms in total. The van der Waals surface area contributed by atoms with Gasteiger partial charge in [0, 0.05) is 31.2 Å². The first-order valence-corrected chi connectivity index (χ1v) is 10.7. The van der Waals surface area contributed by atoms with Crippen molar-refractivity contribution in [3.05, 3.63) is 29.3 Å². The van der Waals surface area contributed by atoms with Gasteiger partial charge in [0.15, 0.2) is 0 Å². The Bertz CT molecular complexity index is 739. The molecule has 1 aromatic rings. The molecule has 0 spiro atoms. The van der Waals surface area contributed by atoms with Gasteiger partial charge >= 0.3 is 0 Å². The van der Waals surface area contributed by atoms with Crippen molar-refractivity contribution in [2.45, 2.75) is 37.1 Å². The predicted octanol–water partition coefficient (Wildman–Crippen LogP) is 0.752. The maximum atomic E-state index is 13.1. The van der Waals surface area contributed by atoms with Crippen LogP contribution in [-0.2, 0) is 21.2 Å². The standard InChI is InChI=1S/C18H27N3O4S/c1-2-14-5-6-15(18(22)20-16-4-3-7-19-13-16)12-17(14)26(23,24)21-8-10-25-11-9-21/h5-6,12,16,19H,2-4,7-11,13H2,1H3,(H,20,22)/t16-/m0/s1. The maximum absolute atomic E-state index is 13.1. The number of rotatable bonds is 5. The lowest BCUT2D eigenvalue weighted by Crippen LogP contribution is -2.45. The van der Waals surface area contributed by atoms with E-state index in [1.54, 1.807) is 12.1 Å². The van der Waals surface area contributed by atoms with Crippen LogP contribution in [-0.4, -0.2) is 64.1 Å². The van der Waals surface area contributed by atoms with Crippen molar-refractivity contribution in [2.24, 2.45) is 0 Å². The Morgan fingerprint density at radius 2 is 2.12 bits per heavy atom. The molecule has 1 amide bonds. The van der Waals surface area contributed by atoms with Crippen molar-refractivity contribution < 1.29 is 17.9 Å². The number of sulfonamides is 1. The van der Waals surface area contributed by atoms with E-state index in [0.29, 0.717) is 38.3 Å². The van der Waals surface area contributed by atoms with E-state index >= 15 is 0 Å². The summed E-state index contributed by atoms with van der Waals surface area (Å²) in [5.74, 6) is -0.222. The molecule has 0 unspecified atom stereocenters. The number of morpholine rings is 1. The Balaban J connectivity index is 1.84. The van der Waals surface area contributed by atoms with Gasteiger partial charge in [0.25, 0.3) is 5.91 Å². The number of carbonyl (C=O) groups excluding carboxylic acids is 1. The lowest BCUT2D eigenvalue weighted by Gasteiger charge is -2.27. The highest BCUT2D eigenvalue weighted by atomic mass is 32.2. The molecule has 3 rings (SSSR count). The van der Waals surface area contributed by atoms with Crippen molar-refractivity contribution in [3.63, 3.8) is 0 Å². The number of piperidine rings is 1. The molecule has 2 N–H and O–H groups in total. The molecule has 1 aromatic carbocycles. The van der Waals surface area contributed by atoms with Crippen molar-refractivity contribution >= 4 is 15.9 Å². The summed E-state index contributed by atoms with van der Waals surface area (Å²) in [5, 5.41) is 6.26. The van der Waals surface area contributed by atoms with Crippen LogP contribution in [0.1, 0.15) is 35.7 Å². The molecule has 1 atom stereocenters. The fraction of sp³-hybridized carbons (Fsp3) is 0.611. The third-order valence-electron chi connectivity index (χ3n) is 4.93. The Hall–Kier alpha value is -1.48. The quantitative estimate of drug-likeness (QED) is 0.786. The normalized spacial score (nSPS) is 22.1. The average Bonchev–Trinajstić information content (AvgIpc) is 2.69. The zero-order valence-electron chi connectivity index (χ0n) is 15.2. The van der Waals surface area contributed by atoms with Crippen molar-refractivity contribution in [3.8, 4) is 0 Å². The first kappa shape index (κ1) is 19.3. The number of benzene rings is 1. The molecular formula is C18H27N3O4S. The van der Waals surface area contributed by atoms with Crippen molar-refractivity contribution in [1.29, 1.82) is 0 Å². The van der Waals surface area contributed by atoms with E-state index in [0.717, 1.165) is 31.5 Å². The van der Waals surface area contributed by atoms with Crippen LogP contribution >= 0.6 is 0 Å². The molecule has 0 bridgehead atoms. The van der Waals surface area contributed by atoms with E-state index in [4.69, 9.17) is 4.74 Å². The van der Waals surface area contributed by atoms with Crippen LogP contribution in [0.4, 0.5) is 0 Å². The highest BCUT2D eigenvalue weighted by Gasteiger charge is 2.29. The molecule has 2 saturated heterocycles. The third-order valence-corrected chi connectivity index (χ3v) is 6.91. The molecule has 26 heavy (non-hydrogen) atoms. The predicted molar refractivity (Wildman–Crippen MR) is 98.8 cm³/mol. The van der Waals surface area contributed by atoms with Gasteiger partial charge in [-0.15, -0.1) is 0 Å². The molecule has 0 saturated carbocycles. The second kappa shape index (κ2) is 8.47. The molecular weight excluding hydrogens is 354 g/mol. The zero-order chi connectivity index (χ0) is 18.6. The Kier molecular flexibility index (Phi) is 6.29. The van der Waals surface area contributed by atoms with Gasteiger partial charge in [0.1, 0.15) is 0 Å². The number of aryl methyl sites for hydroxylation is 1. The molecule has 2 fully saturated rings. The molecule has 0 aliphatic carbocycles. The minimum atomic E-state index is -3.63. The van der Waals surface area contributed by atoms with Crippen LogP contribution in [0.2, 0.25) is 0 Å². The van der Waals surface area contributed by atoms with Crippen LogP contribution in [0.5, 0.6) is 0 Å². The first-order chi connectivity index (χ1) is 12.5. The smallest absolute Gasteiger partial charge is 0.251 e. The summed E-state index contributed by atoms with van der Waals surface area (Å²) in [5.41, 5.74) is 1.12. The van der Waals surface area contributed by atoms with Gasteiger partial charge in [-0.05, 0) is 43.5 Å². The van der Waals surface area contributed by atoms with E-state index < -0.39 is 10.0 Å². The first-order valence-electron chi connectivity index (χ1n) is 9.24. The lowest BCUT2D eigenvalue weighted by atomic mass is 10.1. The van der Waals surface area contributed by atoms with Crippen LogP contribution in [0.15, 0.2) is 23.1 Å². The van der Waals surface area contributed by atoms with Gasteiger partial charge in [-0.1, -0.05) is 13.0 Å². The number of nitrogens with one attached hydrogen (secondary N) is 2. The van der Waals surface area contributed by atoms with Crippen LogP contribution in [0, 0.1) is 0 Å². The number of ether oxygens (including phenoxy) is 1. The summed E-state index contributed by atoms with van der Waals surface area (Å²) in [6.07, 6.45) is 2.55. The lowest BCUT2D eigenvalue weighted by molar-refractivity contribution is 0.0730. The molecule has 2 heterocycles. The number of hydrogen-bond donors (Lipinski definition) is 2. The van der Waals surface area contributed by atoms with Crippen molar-refractivity contribution in [1.82, 2.24) is 14.9 Å². The van der Waals surface area contributed by atoms with E-state index in [-0.39, 0.29) is 16.8 Å². The fourth-order valence-electron chi connectivity index (χ4n) is 3.40. The van der Waals surface area contributed by atoms with Crippen LogP contribution in [0.3, 0.4) is 0 Å². The summed E-state index contributed by atoms with van der Waals surface area (Å²) in [6.45, 7) is 5.12. The summed E-state index contributed by atoms with van der Waals surface area (Å²) >= 11 is 0. The monoisotopic (exact) mass is 381 g/mol.